The quantitative estimate of drug-likeness (QED) is 0.666. The van der Waals surface area contributed by atoms with Crippen LogP contribution in [0.15, 0.2) is 45.7 Å². The predicted molar refractivity (Wildman–Crippen MR) is 85.5 cm³/mol. The van der Waals surface area contributed by atoms with Crippen LogP contribution in [0.25, 0.3) is 11.0 Å². The van der Waals surface area contributed by atoms with Crippen molar-refractivity contribution in [2.45, 2.75) is 12.3 Å². The van der Waals surface area contributed by atoms with Gasteiger partial charge >= 0.3 is 5.69 Å². The first-order chi connectivity index (χ1) is 9.54. The van der Waals surface area contributed by atoms with Gasteiger partial charge in [-0.25, -0.2) is 4.79 Å². The molecule has 0 radical (unpaired) electrons. The number of aromatic amines is 2. The lowest BCUT2D eigenvalue weighted by Gasteiger charge is -2.13. The van der Waals surface area contributed by atoms with Crippen LogP contribution in [0.3, 0.4) is 0 Å². The van der Waals surface area contributed by atoms with Crippen molar-refractivity contribution in [3.05, 3.63) is 68.0 Å². The van der Waals surface area contributed by atoms with Gasteiger partial charge in [-0.1, -0.05) is 39.7 Å². The smallest absolute Gasteiger partial charge is 0.306 e. The van der Waals surface area contributed by atoms with Crippen molar-refractivity contribution in [2.75, 3.05) is 0 Å². The molecule has 0 saturated carbocycles. The third-order valence-corrected chi connectivity index (χ3v) is 4.47. The van der Waals surface area contributed by atoms with E-state index in [1.807, 2.05) is 37.3 Å². The molecule has 102 valence electrons. The first-order valence-electron chi connectivity index (χ1n) is 6.16. The predicted octanol–water partition coefficient (Wildman–Crippen LogP) is 4.26. The van der Waals surface area contributed by atoms with Crippen LogP contribution in [0.2, 0.25) is 0 Å². The second-order valence-corrected chi connectivity index (χ2v) is 6.06. The second-order valence-electron chi connectivity index (χ2n) is 4.77. The van der Waals surface area contributed by atoms with Gasteiger partial charge in [0.2, 0.25) is 0 Å². The Labute approximate surface area is 129 Å². The van der Waals surface area contributed by atoms with Crippen molar-refractivity contribution in [2.24, 2.45) is 0 Å². The van der Waals surface area contributed by atoms with E-state index in [-0.39, 0.29) is 11.1 Å². The van der Waals surface area contributed by atoms with Crippen LogP contribution in [-0.4, -0.2) is 9.97 Å². The van der Waals surface area contributed by atoms with Crippen molar-refractivity contribution in [1.29, 1.82) is 0 Å². The molecule has 0 fully saturated rings. The average Bonchev–Trinajstić information content (AvgIpc) is 2.79. The lowest BCUT2D eigenvalue weighted by molar-refractivity contribution is 1.12. The van der Waals surface area contributed by atoms with E-state index >= 15 is 0 Å². The zero-order chi connectivity index (χ0) is 14.3. The fourth-order valence-electron chi connectivity index (χ4n) is 2.24. The number of alkyl halides is 1. The molecule has 0 spiro atoms. The summed E-state index contributed by atoms with van der Waals surface area (Å²) in [7, 11) is 0. The number of aryl methyl sites for hydroxylation is 1. The van der Waals surface area contributed by atoms with E-state index in [0.29, 0.717) is 0 Å². The monoisotopic (exact) mass is 350 g/mol. The number of rotatable bonds is 2. The first-order valence-corrected chi connectivity index (χ1v) is 7.39. The van der Waals surface area contributed by atoms with Crippen LogP contribution in [0, 0.1) is 6.92 Å². The fourth-order valence-corrected chi connectivity index (χ4v) is 3.17. The molecule has 0 amide bonds. The van der Waals surface area contributed by atoms with E-state index in [1.54, 1.807) is 0 Å². The molecule has 1 atom stereocenters. The Hall–Kier alpha value is -1.52. The molecular weight excluding hydrogens is 340 g/mol. The number of halogens is 2. The van der Waals surface area contributed by atoms with Crippen LogP contribution in [0.4, 0.5) is 0 Å². The van der Waals surface area contributed by atoms with Crippen LogP contribution in [0.1, 0.15) is 22.1 Å². The van der Waals surface area contributed by atoms with E-state index in [0.717, 1.165) is 32.2 Å². The number of nitrogens with one attached hydrogen (secondary N) is 2. The number of benzene rings is 2. The highest BCUT2D eigenvalue weighted by atomic mass is 79.9. The van der Waals surface area contributed by atoms with Gasteiger partial charge in [0.05, 0.1) is 16.4 Å². The fraction of sp³-hybridized carbons (Fsp3) is 0.133. The van der Waals surface area contributed by atoms with Crippen LogP contribution < -0.4 is 5.69 Å². The summed E-state index contributed by atoms with van der Waals surface area (Å²) in [6.45, 7) is 2.03. The van der Waals surface area contributed by atoms with Crippen LogP contribution in [0.5, 0.6) is 0 Å². The van der Waals surface area contributed by atoms with Gasteiger partial charge < -0.3 is 9.97 Å². The number of fused-ring (bicyclic) bond motifs is 1. The van der Waals surface area contributed by atoms with Crippen molar-refractivity contribution in [3.63, 3.8) is 0 Å². The summed E-state index contributed by atoms with van der Waals surface area (Å²) in [6.07, 6.45) is 0. The number of aromatic nitrogens is 2. The largest absolute Gasteiger partial charge is 0.323 e. The Morgan fingerprint density at radius 2 is 1.85 bits per heavy atom. The van der Waals surface area contributed by atoms with Gasteiger partial charge in [-0.3, -0.25) is 0 Å². The molecule has 0 saturated heterocycles. The molecule has 0 aliphatic rings. The Balaban J connectivity index is 2.09. The van der Waals surface area contributed by atoms with Crippen molar-refractivity contribution >= 4 is 38.6 Å². The van der Waals surface area contributed by atoms with E-state index in [9.17, 15) is 4.79 Å². The van der Waals surface area contributed by atoms with Crippen LogP contribution in [-0.2, 0) is 0 Å². The van der Waals surface area contributed by atoms with Gasteiger partial charge in [0.15, 0.2) is 0 Å². The zero-order valence-corrected chi connectivity index (χ0v) is 13.0. The Morgan fingerprint density at radius 1 is 1.10 bits per heavy atom. The summed E-state index contributed by atoms with van der Waals surface area (Å²) < 4.78 is 0.978. The van der Waals surface area contributed by atoms with E-state index in [1.165, 1.54) is 0 Å². The maximum atomic E-state index is 11.3. The maximum absolute atomic E-state index is 11.3. The highest BCUT2D eigenvalue weighted by molar-refractivity contribution is 9.10. The maximum Gasteiger partial charge on any atom is 0.323 e. The molecule has 1 heterocycles. The molecule has 1 aromatic heterocycles. The highest BCUT2D eigenvalue weighted by Gasteiger charge is 2.15. The highest BCUT2D eigenvalue weighted by Crippen LogP contribution is 2.35. The average molecular weight is 352 g/mol. The molecule has 2 N–H and O–H groups in total. The summed E-state index contributed by atoms with van der Waals surface area (Å²) in [5, 5.41) is -0.271. The molecule has 0 bridgehead atoms. The minimum absolute atomic E-state index is 0.208. The second kappa shape index (κ2) is 5.11. The van der Waals surface area contributed by atoms with E-state index in [2.05, 4.69) is 32.0 Å². The third-order valence-electron chi connectivity index (χ3n) is 3.26. The molecule has 20 heavy (non-hydrogen) atoms. The summed E-state index contributed by atoms with van der Waals surface area (Å²) in [6, 6.07) is 11.8. The van der Waals surface area contributed by atoms with E-state index < -0.39 is 0 Å². The normalized spacial score (nSPS) is 12.8. The Bertz CT molecular complexity index is 837. The molecule has 3 nitrogen and oxygen atoms in total. The standard InChI is InChI=1S/C15H12BrClN2O/c1-8-2-4-11(16)10(6-8)14(17)9-3-5-12-13(7-9)19-15(20)18-12/h2-7,14H,1H3,(H2,18,19,20). The zero-order valence-electron chi connectivity index (χ0n) is 10.7. The third kappa shape index (κ3) is 2.41. The summed E-state index contributed by atoms with van der Waals surface area (Å²) in [5.74, 6) is 0. The lowest BCUT2D eigenvalue weighted by atomic mass is 10.0. The first kappa shape index (κ1) is 13.5. The Morgan fingerprint density at radius 3 is 2.65 bits per heavy atom. The summed E-state index contributed by atoms with van der Waals surface area (Å²) in [5.41, 5.74) is 4.46. The number of hydrogen-bond donors (Lipinski definition) is 2. The molecule has 3 rings (SSSR count). The Kier molecular flexibility index (Phi) is 3.44. The summed E-state index contributed by atoms with van der Waals surface area (Å²) >= 11 is 10.1. The number of H-pyrrole nitrogens is 2. The lowest BCUT2D eigenvalue weighted by Crippen LogP contribution is -1.99. The molecule has 0 aliphatic heterocycles. The summed E-state index contributed by atoms with van der Waals surface area (Å²) in [4.78, 5) is 16.8. The molecule has 1 unspecified atom stereocenters. The van der Waals surface area contributed by atoms with Gasteiger partial charge in [0, 0.05) is 4.47 Å². The van der Waals surface area contributed by atoms with Crippen molar-refractivity contribution < 1.29 is 0 Å². The van der Waals surface area contributed by atoms with Gasteiger partial charge in [0.1, 0.15) is 0 Å². The molecule has 2 aromatic carbocycles. The molecule has 3 aromatic rings. The molecule has 0 aliphatic carbocycles. The SMILES string of the molecule is Cc1ccc(Br)c(C(Cl)c2ccc3[nH]c(=O)[nH]c3c2)c1. The molecule has 5 heteroatoms. The number of imidazole rings is 1. The topological polar surface area (TPSA) is 48.6 Å². The van der Waals surface area contributed by atoms with E-state index in [4.69, 9.17) is 11.6 Å². The minimum atomic E-state index is -0.271. The van der Waals surface area contributed by atoms with Crippen LogP contribution >= 0.6 is 27.5 Å². The minimum Gasteiger partial charge on any atom is -0.306 e. The van der Waals surface area contributed by atoms with Gasteiger partial charge in [0.25, 0.3) is 0 Å². The number of hydrogen-bond acceptors (Lipinski definition) is 1. The molecular formula is C15H12BrClN2O. The van der Waals surface area contributed by atoms with Crippen molar-refractivity contribution in [3.8, 4) is 0 Å². The van der Waals surface area contributed by atoms with Gasteiger partial charge in [-0.15, -0.1) is 11.6 Å². The van der Waals surface area contributed by atoms with Gasteiger partial charge in [-0.2, -0.15) is 0 Å². The van der Waals surface area contributed by atoms with Crippen molar-refractivity contribution in [1.82, 2.24) is 9.97 Å². The van der Waals surface area contributed by atoms with Gasteiger partial charge in [-0.05, 0) is 36.2 Å².